The smallest absolute Gasteiger partial charge is 0.255 e. The van der Waals surface area contributed by atoms with Gasteiger partial charge in [-0.1, -0.05) is 27.5 Å². The van der Waals surface area contributed by atoms with E-state index in [2.05, 4.69) is 15.9 Å². The predicted molar refractivity (Wildman–Crippen MR) is 71.5 cm³/mol. The predicted octanol–water partition coefficient (Wildman–Crippen LogP) is 4.84. The van der Waals surface area contributed by atoms with E-state index in [4.69, 9.17) is 21.1 Å². The van der Waals surface area contributed by atoms with E-state index in [1.54, 1.807) is 0 Å². The summed E-state index contributed by atoms with van der Waals surface area (Å²) in [4.78, 5) is -1.13. The Morgan fingerprint density at radius 1 is 1.17 bits per heavy atom. The van der Waals surface area contributed by atoms with Gasteiger partial charge in [-0.15, -0.1) is 0 Å². The summed E-state index contributed by atoms with van der Waals surface area (Å²) in [7, 11) is 0. The van der Waals surface area contributed by atoms with Crippen LogP contribution < -0.4 is 9.47 Å². The summed E-state index contributed by atoms with van der Waals surface area (Å²) >= 11 is 8.90. The zero-order valence-electron chi connectivity index (χ0n) is 10.1. The van der Waals surface area contributed by atoms with Crippen LogP contribution in [0.2, 0.25) is 5.02 Å². The van der Waals surface area contributed by atoms with E-state index < -0.39 is 11.3 Å². The van der Waals surface area contributed by atoms with E-state index in [-0.39, 0.29) is 5.02 Å². The van der Waals surface area contributed by atoms with Gasteiger partial charge in [0.2, 0.25) is 0 Å². The molecule has 0 fully saturated rings. The van der Waals surface area contributed by atoms with Gasteiger partial charge in [0.15, 0.2) is 11.5 Å². The van der Waals surface area contributed by atoms with E-state index in [0.717, 1.165) is 0 Å². The molecule has 1 rings (SSSR count). The van der Waals surface area contributed by atoms with Gasteiger partial charge < -0.3 is 9.47 Å². The molecule has 0 aliphatic heterocycles. The van der Waals surface area contributed by atoms with Crippen molar-refractivity contribution in [2.24, 2.45) is 0 Å². The Kier molecular flexibility index (Phi) is 6.15. The van der Waals surface area contributed by atoms with Crippen LogP contribution in [-0.2, 0) is 0 Å². The Morgan fingerprint density at radius 3 is 2.11 bits per heavy atom. The first kappa shape index (κ1) is 15.5. The molecule has 0 heterocycles. The molecule has 0 saturated heterocycles. The second-order valence-electron chi connectivity index (χ2n) is 3.42. The number of alkyl halides is 3. The van der Waals surface area contributed by atoms with Gasteiger partial charge in [0.05, 0.1) is 13.2 Å². The van der Waals surface area contributed by atoms with Gasteiger partial charge in [0.25, 0.3) is 6.43 Å². The molecule has 0 N–H and O–H groups in total. The van der Waals surface area contributed by atoms with Gasteiger partial charge >= 0.3 is 0 Å². The van der Waals surface area contributed by atoms with Crippen molar-refractivity contribution in [1.82, 2.24) is 0 Å². The van der Waals surface area contributed by atoms with Crippen LogP contribution in [0.4, 0.5) is 8.78 Å². The molecular weight excluding hydrogens is 329 g/mol. The molecular formula is C12H14BrClF2O2. The van der Waals surface area contributed by atoms with E-state index >= 15 is 0 Å². The average molecular weight is 344 g/mol. The minimum Gasteiger partial charge on any atom is -0.490 e. The molecule has 0 bridgehead atoms. The van der Waals surface area contributed by atoms with Gasteiger partial charge in [0, 0.05) is 11.1 Å². The molecule has 0 aliphatic carbocycles. The highest BCUT2D eigenvalue weighted by atomic mass is 79.9. The molecule has 1 aromatic rings. The van der Waals surface area contributed by atoms with Crippen LogP contribution in [0.15, 0.2) is 12.1 Å². The van der Waals surface area contributed by atoms with Gasteiger partial charge in [-0.2, -0.15) is 0 Å². The minimum absolute atomic E-state index is 0.226. The SMILES string of the molecule is CCOc1cc(Cl)c(C(Br)C(F)F)cc1OCC. The summed E-state index contributed by atoms with van der Waals surface area (Å²) in [6, 6.07) is 2.99. The minimum atomic E-state index is -2.55. The second-order valence-corrected chi connectivity index (χ2v) is 4.82. The van der Waals surface area contributed by atoms with Crippen molar-refractivity contribution in [3.05, 3.63) is 22.7 Å². The zero-order valence-corrected chi connectivity index (χ0v) is 12.4. The van der Waals surface area contributed by atoms with Crippen molar-refractivity contribution in [2.75, 3.05) is 13.2 Å². The van der Waals surface area contributed by atoms with Crippen molar-refractivity contribution in [3.8, 4) is 11.5 Å². The van der Waals surface area contributed by atoms with Gasteiger partial charge in [-0.25, -0.2) is 8.78 Å². The summed E-state index contributed by atoms with van der Waals surface area (Å²) in [5, 5.41) is 0.226. The topological polar surface area (TPSA) is 18.5 Å². The summed E-state index contributed by atoms with van der Waals surface area (Å²) in [6.07, 6.45) is -2.55. The molecule has 1 unspecified atom stereocenters. The lowest BCUT2D eigenvalue weighted by molar-refractivity contribution is 0.147. The third-order valence-corrected chi connectivity index (χ3v) is 3.40. The van der Waals surface area contributed by atoms with Gasteiger partial charge in [-0.05, 0) is 25.5 Å². The van der Waals surface area contributed by atoms with E-state index in [1.807, 2.05) is 13.8 Å². The lowest BCUT2D eigenvalue weighted by atomic mass is 10.1. The number of benzene rings is 1. The second kappa shape index (κ2) is 7.14. The molecule has 2 nitrogen and oxygen atoms in total. The monoisotopic (exact) mass is 342 g/mol. The first-order chi connectivity index (χ1) is 8.51. The van der Waals surface area contributed by atoms with Crippen LogP contribution in [0.3, 0.4) is 0 Å². The maximum Gasteiger partial charge on any atom is 0.255 e. The van der Waals surface area contributed by atoms with Gasteiger partial charge in [-0.3, -0.25) is 0 Å². The standard InChI is InChI=1S/C12H14BrClF2O2/c1-3-17-9-5-7(11(13)12(15)16)8(14)6-10(9)18-4-2/h5-6,11-12H,3-4H2,1-2H3. The maximum atomic E-state index is 12.7. The fraction of sp³-hybridized carbons (Fsp3) is 0.500. The molecule has 0 amide bonds. The molecule has 1 atom stereocenters. The van der Waals surface area contributed by atoms with Gasteiger partial charge in [0.1, 0.15) is 4.83 Å². The number of rotatable bonds is 6. The molecule has 102 valence electrons. The summed E-state index contributed by atoms with van der Waals surface area (Å²) in [5.41, 5.74) is 0.290. The molecule has 0 radical (unpaired) electrons. The number of hydrogen-bond donors (Lipinski definition) is 0. The third kappa shape index (κ3) is 3.72. The quantitative estimate of drug-likeness (QED) is 0.688. The fourth-order valence-electron chi connectivity index (χ4n) is 1.43. The zero-order chi connectivity index (χ0) is 13.7. The van der Waals surface area contributed by atoms with Crippen molar-refractivity contribution in [2.45, 2.75) is 25.1 Å². The van der Waals surface area contributed by atoms with Crippen LogP contribution in [0.1, 0.15) is 24.2 Å². The average Bonchev–Trinajstić information content (AvgIpc) is 2.32. The Morgan fingerprint density at radius 2 is 1.67 bits per heavy atom. The molecule has 0 aliphatic rings. The van der Waals surface area contributed by atoms with Crippen LogP contribution in [0, 0.1) is 0 Å². The van der Waals surface area contributed by atoms with Crippen molar-refractivity contribution in [3.63, 3.8) is 0 Å². The third-order valence-electron chi connectivity index (χ3n) is 2.18. The van der Waals surface area contributed by atoms with E-state index in [1.165, 1.54) is 12.1 Å². The lowest BCUT2D eigenvalue weighted by Gasteiger charge is -2.16. The Labute approximate surface area is 118 Å². The largest absolute Gasteiger partial charge is 0.490 e. The Bertz CT molecular complexity index is 402. The van der Waals surface area contributed by atoms with Crippen molar-refractivity contribution >= 4 is 27.5 Å². The van der Waals surface area contributed by atoms with Crippen LogP contribution in [0.25, 0.3) is 0 Å². The van der Waals surface area contributed by atoms with E-state index in [0.29, 0.717) is 30.3 Å². The summed E-state index contributed by atoms with van der Waals surface area (Å²) < 4.78 is 36.1. The maximum absolute atomic E-state index is 12.7. The van der Waals surface area contributed by atoms with Crippen LogP contribution >= 0.6 is 27.5 Å². The molecule has 0 spiro atoms. The highest BCUT2D eigenvalue weighted by molar-refractivity contribution is 9.09. The van der Waals surface area contributed by atoms with Crippen molar-refractivity contribution < 1.29 is 18.3 Å². The lowest BCUT2D eigenvalue weighted by Crippen LogP contribution is -2.05. The Balaban J connectivity index is 3.17. The first-order valence-corrected chi connectivity index (χ1v) is 6.81. The number of halogens is 4. The molecule has 1 aromatic carbocycles. The van der Waals surface area contributed by atoms with E-state index in [9.17, 15) is 8.78 Å². The molecule has 18 heavy (non-hydrogen) atoms. The summed E-state index contributed by atoms with van der Waals surface area (Å²) in [6.45, 7) is 4.50. The van der Waals surface area contributed by atoms with Crippen LogP contribution in [0.5, 0.6) is 11.5 Å². The highest BCUT2D eigenvalue weighted by Crippen LogP contribution is 2.41. The van der Waals surface area contributed by atoms with Crippen LogP contribution in [-0.4, -0.2) is 19.6 Å². The highest BCUT2D eigenvalue weighted by Gasteiger charge is 2.23. The molecule has 0 aromatic heterocycles. The van der Waals surface area contributed by atoms with Crippen molar-refractivity contribution in [1.29, 1.82) is 0 Å². The normalized spacial score (nSPS) is 12.6. The Hall–Kier alpha value is -0.550. The molecule has 0 saturated carbocycles. The first-order valence-electron chi connectivity index (χ1n) is 5.52. The number of hydrogen-bond acceptors (Lipinski definition) is 2. The molecule has 6 heteroatoms. The number of ether oxygens (including phenoxy) is 2. The fourth-order valence-corrected chi connectivity index (χ4v) is 2.22. The summed E-state index contributed by atoms with van der Waals surface area (Å²) in [5.74, 6) is 0.880.